The van der Waals surface area contributed by atoms with Crippen molar-refractivity contribution in [1.82, 2.24) is 0 Å². The molecule has 0 saturated heterocycles. The molecule has 4 radical (unpaired) electrons. The van der Waals surface area contributed by atoms with Crippen molar-refractivity contribution < 1.29 is 32.0 Å². The van der Waals surface area contributed by atoms with Crippen molar-refractivity contribution in [2.45, 2.75) is 0 Å². The summed E-state index contributed by atoms with van der Waals surface area (Å²) in [6, 6.07) is 0. The molecular formula is C6H2BF5O2Pb. The Bertz CT molecular complexity index is 357. The average molecular weight is 419 g/mol. The van der Waals surface area contributed by atoms with E-state index >= 15 is 0 Å². The molecule has 0 atom stereocenters. The van der Waals surface area contributed by atoms with Gasteiger partial charge in [0, 0.05) is 27.3 Å². The molecule has 9 heteroatoms. The summed E-state index contributed by atoms with van der Waals surface area (Å²) in [5, 5.41) is 16.7. The molecule has 0 aliphatic heterocycles. The van der Waals surface area contributed by atoms with Crippen molar-refractivity contribution in [1.29, 1.82) is 0 Å². The maximum atomic E-state index is 12.6. The molecule has 0 fully saturated rings. The number of hydrogen-bond acceptors (Lipinski definition) is 2. The summed E-state index contributed by atoms with van der Waals surface area (Å²) in [5.74, 6) is -11.3. The predicted molar refractivity (Wildman–Crippen MR) is 41.8 cm³/mol. The monoisotopic (exact) mass is 420 g/mol. The fourth-order valence-electron chi connectivity index (χ4n) is 0.849. The molecule has 1 aromatic rings. The molecule has 0 amide bonds. The van der Waals surface area contributed by atoms with Gasteiger partial charge in [-0.3, -0.25) is 0 Å². The van der Waals surface area contributed by atoms with E-state index in [1.807, 2.05) is 0 Å². The van der Waals surface area contributed by atoms with Gasteiger partial charge in [0.05, 0.1) is 5.46 Å². The molecule has 15 heavy (non-hydrogen) atoms. The summed E-state index contributed by atoms with van der Waals surface area (Å²) in [5.41, 5.74) is -1.67. The number of rotatable bonds is 1. The van der Waals surface area contributed by atoms with Crippen molar-refractivity contribution in [2.75, 3.05) is 0 Å². The summed E-state index contributed by atoms with van der Waals surface area (Å²) < 4.78 is 62.4. The van der Waals surface area contributed by atoms with E-state index in [1.165, 1.54) is 0 Å². The van der Waals surface area contributed by atoms with Crippen molar-refractivity contribution in [2.24, 2.45) is 0 Å². The minimum atomic E-state index is -2.76. The van der Waals surface area contributed by atoms with Crippen LogP contribution < -0.4 is 5.46 Å². The zero-order valence-electron chi connectivity index (χ0n) is 6.86. The quantitative estimate of drug-likeness (QED) is 0.284. The molecule has 0 spiro atoms. The SMILES string of the molecule is OB(O)c1c(F)c(F)c(F)c(F)c1F.[Pb]. The van der Waals surface area contributed by atoms with E-state index in [1.54, 1.807) is 0 Å². The van der Waals surface area contributed by atoms with Gasteiger partial charge in [-0.05, 0) is 0 Å². The molecule has 80 valence electrons. The van der Waals surface area contributed by atoms with Gasteiger partial charge in [-0.1, -0.05) is 0 Å². The van der Waals surface area contributed by atoms with Crippen molar-refractivity contribution >= 4 is 39.9 Å². The minimum absolute atomic E-state index is 0. The Morgan fingerprint density at radius 2 is 0.933 bits per heavy atom. The Labute approximate surface area is 101 Å². The second kappa shape index (κ2) is 5.21. The Morgan fingerprint density at radius 3 is 1.20 bits per heavy atom. The van der Waals surface area contributed by atoms with Crippen LogP contribution in [0, 0.1) is 29.1 Å². The molecule has 0 aliphatic rings. The third-order valence-electron chi connectivity index (χ3n) is 1.50. The minimum Gasteiger partial charge on any atom is -0.423 e. The second-order valence-electron chi connectivity index (χ2n) is 2.36. The van der Waals surface area contributed by atoms with Crippen LogP contribution in [0.4, 0.5) is 22.0 Å². The molecule has 0 saturated carbocycles. The first-order chi connectivity index (χ1) is 6.37. The van der Waals surface area contributed by atoms with Crippen molar-refractivity contribution in [3.63, 3.8) is 0 Å². The largest absolute Gasteiger partial charge is 0.494 e. The van der Waals surface area contributed by atoms with Crippen LogP contribution in [0.15, 0.2) is 0 Å². The molecule has 0 aliphatic carbocycles. The van der Waals surface area contributed by atoms with E-state index in [0.29, 0.717) is 0 Å². The molecule has 0 bridgehead atoms. The van der Waals surface area contributed by atoms with E-state index in [0.717, 1.165) is 0 Å². The summed E-state index contributed by atoms with van der Waals surface area (Å²) in [4.78, 5) is 0. The first kappa shape index (κ1) is 14.8. The van der Waals surface area contributed by atoms with Crippen LogP contribution in [0.5, 0.6) is 0 Å². The summed E-state index contributed by atoms with van der Waals surface area (Å²) in [7, 11) is -2.76. The first-order valence-corrected chi connectivity index (χ1v) is 3.25. The number of benzene rings is 1. The molecular weight excluding hydrogens is 417 g/mol. The topological polar surface area (TPSA) is 40.5 Å². The fourth-order valence-corrected chi connectivity index (χ4v) is 0.849. The maximum absolute atomic E-state index is 12.6. The molecule has 0 aromatic heterocycles. The van der Waals surface area contributed by atoms with E-state index in [2.05, 4.69) is 0 Å². The van der Waals surface area contributed by atoms with Crippen LogP contribution >= 0.6 is 0 Å². The Morgan fingerprint density at radius 1 is 0.667 bits per heavy atom. The van der Waals surface area contributed by atoms with Crippen LogP contribution in [-0.4, -0.2) is 44.5 Å². The maximum Gasteiger partial charge on any atom is 0.494 e. The molecule has 0 heterocycles. The Kier molecular flexibility index (Phi) is 5.13. The molecule has 1 aromatic carbocycles. The van der Waals surface area contributed by atoms with Gasteiger partial charge in [0.15, 0.2) is 29.1 Å². The van der Waals surface area contributed by atoms with Crippen LogP contribution in [0.1, 0.15) is 0 Å². The normalized spacial score (nSPS) is 9.80. The van der Waals surface area contributed by atoms with Crippen molar-refractivity contribution in [3.8, 4) is 0 Å². The van der Waals surface area contributed by atoms with Crippen LogP contribution in [0.2, 0.25) is 0 Å². The summed E-state index contributed by atoms with van der Waals surface area (Å²) in [6.07, 6.45) is 0. The van der Waals surface area contributed by atoms with Crippen LogP contribution in [0.3, 0.4) is 0 Å². The van der Waals surface area contributed by atoms with E-state index in [-0.39, 0.29) is 27.3 Å². The van der Waals surface area contributed by atoms with Gasteiger partial charge < -0.3 is 10.0 Å². The summed E-state index contributed by atoms with van der Waals surface area (Å²) >= 11 is 0. The third-order valence-corrected chi connectivity index (χ3v) is 1.50. The average Bonchev–Trinajstić information content (AvgIpc) is 2.11. The van der Waals surface area contributed by atoms with Gasteiger partial charge in [-0.15, -0.1) is 0 Å². The number of halogens is 5. The number of hydrogen-bond donors (Lipinski definition) is 2. The molecule has 0 unspecified atom stereocenters. The van der Waals surface area contributed by atoms with Gasteiger partial charge in [0.2, 0.25) is 0 Å². The van der Waals surface area contributed by atoms with E-state index < -0.39 is 41.7 Å². The first-order valence-electron chi connectivity index (χ1n) is 3.25. The van der Waals surface area contributed by atoms with Gasteiger partial charge in [0.1, 0.15) is 0 Å². The van der Waals surface area contributed by atoms with E-state index in [4.69, 9.17) is 10.0 Å². The smallest absolute Gasteiger partial charge is 0.423 e. The van der Waals surface area contributed by atoms with Gasteiger partial charge in [0.25, 0.3) is 0 Å². The third kappa shape index (κ3) is 2.48. The molecule has 2 nitrogen and oxygen atoms in total. The van der Waals surface area contributed by atoms with Crippen LogP contribution in [0.25, 0.3) is 0 Å². The van der Waals surface area contributed by atoms with Gasteiger partial charge in [-0.25, -0.2) is 22.0 Å². The second-order valence-corrected chi connectivity index (χ2v) is 2.36. The molecule has 2 N–H and O–H groups in total. The standard InChI is InChI=1S/C6H2BF5O2.Pb/c8-2-1(7(13)14)3(9)5(11)6(12)4(2)10;/h13-14H;. The van der Waals surface area contributed by atoms with E-state index in [9.17, 15) is 22.0 Å². The fraction of sp³-hybridized carbons (Fsp3) is 0. The van der Waals surface area contributed by atoms with Crippen LogP contribution in [-0.2, 0) is 0 Å². The van der Waals surface area contributed by atoms with Gasteiger partial charge >= 0.3 is 7.12 Å². The van der Waals surface area contributed by atoms with Gasteiger partial charge in [-0.2, -0.15) is 0 Å². The molecule has 1 rings (SSSR count). The Hall–Kier alpha value is -0.223. The summed E-state index contributed by atoms with van der Waals surface area (Å²) in [6.45, 7) is 0. The Balaban J connectivity index is 0.00000196. The van der Waals surface area contributed by atoms with Crippen molar-refractivity contribution in [3.05, 3.63) is 29.1 Å². The predicted octanol–water partition coefficient (Wildman–Crippen LogP) is -0.319. The zero-order chi connectivity index (χ0) is 11.0. The zero-order valence-corrected chi connectivity index (χ0v) is 10.7.